The first-order valence-electron chi connectivity index (χ1n) is 5.10. The summed E-state index contributed by atoms with van der Waals surface area (Å²) >= 11 is 0. The van der Waals surface area contributed by atoms with Crippen molar-refractivity contribution in [1.29, 1.82) is 0 Å². The van der Waals surface area contributed by atoms with Gasteiger partial charge in [-0.3, -0.25) is 0 Å². The van der Waals surface area contributed by atoms with E-state index in [1.807, 2.05) is 31.2 Å². The molecule has 0 aliphatic carbocycles. The zero-order valence-electron chi connectivity index (χ0n) is 9.23. The fourth-order valence-electron chi connectivity index (χ4n) is 2.04. The first-order chi connectivity index (χ1) is 7.70. The van der Waals surface area contributed by atoms with Gasteiger partial charge in [0.25, 0.3) is 0 Å². The Morgan fingerprint density at radius 3 is 2.69 bits per heavy atom. The van der Waals surface area contributed by atoms with Crippen LogP contribution in [0.1, 0.15) is 23.0 Å². The van der Waals surface area contributed by atoms with Crippen LogP contribution in [0.4, 0.5) is 0 Å². The number of aromatic carboxylic acids is 1. The topological polar surface area (TPSA) is 51.5 Å². The summed E-state index contributed by atoms with van der Waals surface area (Å²) in [6, 6.07) is 7.52. The monoisotopic (exact) mass is 219 g/mol. The molecule has 0 bridgehead atoms. The van der Waals surface area contributed by atoms with E-state index in [2.05, 4.69) is 0 Å². The second-order valence-electron chi connectivity index (χ2n) is 3.48. The molecule has 1 aromatic heterocycles. The minimum atomic E-state index is -0.963. The summed E-state index contributed by atoms with van der Waals surface area (Å²) in [5.41, 5.74) is 1.82. The standard InChI is InChI=1S/C12H13NO3/c1-3-8-9-6-4-5-7-10(9)13(16-2)11(8)12(14)15/h4-7H,3H2,1-2H3,(H,14,15). The van der Waals surface area contributed by atoms with Crippen LogP contribution in [0, 0.1) is 0 Å². The molecule has 84 valence electrons. The van der Waals surface area contributed by atoms with Crippen molar-refractivity contribution in [3.8, 4) is 0 Å². The molecule has 0 saturated carbocycles. The van der Waals surface area contributed by atoms with Gasteiger partial charge in [0.2, 0.25) is 0 Å². The molecule has 0 fully saturated rings. The number of rotatable bonds is 3. The van der Waals surface area contributed by atoms with E-state index in [0.29, 0.717) is 6.42 Å². The van der Waals surface area contributed by atoms with Gasteiger partial charge in [-0.2, -0.15) is 4.73 Å². The van der Waals surface area contributed by atoms with Gasteiger partial charge in [0, 0.05) is 5.39 Å². The van der Waals surface area contributed by atoms with Crippen molar-refractivity contribution in [2.75, 3.05) is 7.11 Å². The van der Waals surface area contributed by atoms with Gasteiger partial charge in [0.1, 0.15) is 7.11 Å². The van der Waals surface area contributed by atoms with E-state index in [0.717, 1.165) is 16.5 Å². The van der Waals surface area contributed by atoms with E-state index in [1.54, 1.807) is 0 Å². The Bertz CT molecular complexity index is 501. The van der Waals surface area contributed by atoms with E-state index in [4.69, 9.17) is 4.84 Å². The molecule has 0 amide bonds. The van der Waals surface area contributed by atoms with Crippen LogP contribution >= 0.6 is 0 Å². The second-order valence-corrected chi connectivity index (χ2v) is 3.48. The minimum absolute atomic E-state index is 0.214. The predicted octanol–water partition coefficient (Wildman–Crippen LogP) is 1.96. The van der Waals surface area contributed by atoms with Crippen LogP contribution < -0.4 is 4.84 Å². The molecule has 0 aliphatic rings. The molecule has 0 spiro atoms. The Balaban J connectivity index is 2.89. The lowest BCUT2D eigenvalue weighted by Gasteiger charge is -2.05. The van der Waals surface area contributed by atoms with Crippen molar-refractivity contribution in [2.24, 2.45) is 0 Å². The summed E-state index contributed by atoms with van der Waals surface area (Å²) < 4.78 is 1.37. The van der Waals surface area contributed by atoms with Gasteiger partial charge in [-0.25, -0.2) is 4.79 Å². The molecular formula is C12H13NO3. The third-order valence-electron chi connectivity index (χ3n) is 2.68. The van der Waals surface area contributed by atoms with Gasteiger partial charge < -0.3 is 9.94 Å². The fraction of sp³-hybridized carbons (Fsp3) is 0.250. The van der Waals surface area contributed by atoms with Crippen LogP contribution in [-0.2, 0) is 6.42 Å². The predicted molar refractivity (Wildman–Crippen MR) is 60.8 cm³/mol. The average Bonchev–Trinajstić information content (AvgIpc) is 2.62. The van der Waals surface area contributed by atoms with E-state index < -0.39 is 5.97 Å². The van der Waals surface area contributed by atoms with E-state index in [-0.39, 0.29) is 5.69 Å². The largest absolute Gasteiger partial charge is 0.476 e. The number of para-hydroxylation sites is 1. The molecule has 1 N–H and O–H groups in total. The smallest absolute Gasteiger partial charge is 0.356 e. The lowest BCUT2D eigenvalue weighted by atomic mass is 10.1. The molecule has 0 saturated heterocycles. The van der Waals surface area contributed by atoms with E-state index in [1.165, 1.54) is 11.8 Å². The highest BCUT2D eigenvalue weighted by atomic mass is 16.6. The average molecular weight is 219 g/mol. The number of carbonyl (C=O) groups is 1. The van der Waals surface area contributed by atoms with Gasteiger partial charge in [0.05, 0.1) is 5.52 Å². The Morgan fingerprint density at radius 2 is 2.12 bits per heavy atom. The Morgan fingerprint density at radius 1 is 1.44 bits per heavy atom. The van der Waals surface area contributed by atoms with Gasteiger partial charge in [0.15, 0.2) is 5.69 Å². The first-order valence-corrected chi connectivity index (χ1v) is 5.10. The number of hydrogen-bond acceptors (Lipinski definition) is 2. The summed E-state index contributed by atoms with van der Waals surface area (Å²) in [4.78, 5) is 16.4. The van der Waals surface area contributed by atoms with Crippen LogP contribution in [0.25, 0.3) is 10.9 Å². The fourth-order valence-corrected chi connectivity index (χ4v) is 2.04. The number of aryl methyl sites for hydroxylation is 1. The lowest BCUT2D eigenvalue weighted by molar-refractivity contribution is 0.0643. The number of aromatic nitrogens is 1. The molecule has 1 aromatic carbocycles. The molecule has 0 atom stereocenters. The van der Waals surface area contributed by atoms with Gasteiger partial charge in [-0.1, -0.05) is 25.1 Å². The summed E-state index contributed by atoms with van der Waals surface area (Å²) in [6.07, 6.45) is 0.665. The number of nitrogens with zero attached hydrogens (tertiary/aromatic N) is 1. The molecule has 2 aromatic rings. The summed E-state index contributed by atoms with van der Waals surface area (Å²) in [5, 5.41) is 10.1. The van der Waals surface area contributed by atoms with E-state index in [9.17, 15) is 9.90 Å². The van der Waals surface area contributed by atoms with Gasteiger partial charge >= 0.3 is 5.97 Å². The molecule has 1 heterocycles. The van der Waals surface area contributed by atoms with Crippen molar-refractivity contribution in [3.05, 3.63) is 35.5 Å². The Labute approximate surface area is 93.0 Å². The molecule has 16 heavy (non-hydrogen) atoms. The third kappa shape index (κ3) is 1.34. The van der Waals surface area contributed by atoms with Crippen LogP contribution in [0.5, 0.6) is 0 Å². The number of hydrogen-bond donors (Lipinski definition) is 1. The first kappa shape index (κ1) is 10.5. The molecule has 4 heteroatoms. The molecule has 0 unspecified atom stereocenters. The number of fused-ring (bicyclic) bond motifs is 1. The zero-order chi connectivity index (χ0) is 11.7. The van der Waals surface area contributed by atoms with Crippen molar-refractivity contribution >= 4 is 16.9 Å². The van der Waals surface area contributed by atoms with Gasteiger partial charge in [-0.15, -0.1) is 0 Å². The highest BCUT2D eigenvalue weighted by Gasteiger charge is 2.21. The van der Waals surface area contributed by atoms with Crippen molar-refractivity contribution in [3.63, 3.8) is 0 Å². The van der Waals surface area contributed by atoms with Crippen LogP contribution in [0.3, 0.4) is 0 Å². The number of carboxylic acids is 1. The van der Waals surface area contributed by atoms with Crippen molar-refractivity contribution in [1.82, 2.24) is 4.73 Å². The maximum Gasteiger partial charge on any atom is 0.356 e. The SMILES string of the molecule is CCc1c(C(=O)O)n(OC)c2ccccc12. The maximum atomic E-state index is 11.2. The van der Waals surface area contributed by atoms with E-state index >= 15 is 0 Å². The quantitative estimate of drug-likeness (QED) is 0.858. The normalized spacial score (nSPS) is 10.6. The Kier molecular flexibility index (Phi) is 2.56. The molecule has 0 aliphatic heterocycles. The van der Waals surface area contributed by atoms with Crippen molar-refractivity contribution in [2.45, 2.75) is 13.3 Å². The van der Waals surface area contributed by atoms with Crippen molar-refractivity contribution < 1.29 is 14.7 Å². The minimum Gasteiger partial charge on any atom is -0.476 e. The second kappa shape index (κ2) is 3.89. The lowest BCUT2D eigenvalue weighted by Crippen LogP contribution is -2.14. The highest BCUT2D eigenvalue weighted by molar-refractivity contribution is 5.97. The van der Waals surface area contributed by atoms with Crippen LogP contribution in [-0.4, -0.2) is 22.9 Å². The van der Waals surface area contributed by atoms with Crippen LogP contribution in [0.2, 0.25) is 0 Å². The summed E-state index contributed by atoms with van der Waals surface area (Å²) in [6.45, 7) is 1.94. The molecular weight excluding hydrogens is 206 g/mol. The summed E-state index contributed by atoms with van der Waals surface area (Å²) in [5.74, 6) is -0.963. The molecule has 2 rings (SSSR count). The zero-order valence-corrected chi connectivity index (χ0v) is 9.23. The highest BCUT2D eigenvalue weighted by Crippen LogP contribution is 2.25. The molecule has 0 radical (unpaired) electrons. The third-order valence-corrected chi connectivity index (χ3v) is 2.68. The maximum absolute atomic E-state index is 11.2. The van der Waals surface area contributed by atoms with Crippen LogP contribution in [0.15, 0.2) is 24.3 Å². The Hall–Kier alpha value is -1.97. The molecule has 4 nitrogen and oxygen atoms in total. The number of carboxylic acid groups (broad SMARTS) is 1. The van der Waals surface area contributed by atoms with Gasteiger partial charge in [-0.05, 0) is 18.1 Å². The number of benzene rings is 1. The summed E-state index contributed by atoms with van der Waals surface area (Å²) in [7, 11) is 1.47.